The van der Waals surface area contributed by atoms with E-state index in [1.54, 1.807) is 13.0 Å². The van der Waals surface area contributed by atoms with Crippen molar-refractivity contribution in [2.24, 2.45) is 0 Å². The Hall–Kier alpha value is -2.63. The minimum Gasteiger partial charge on any atom is -0.397 e. The second kappa shape index (κ2) is 5.56. The maximum absolute atomic E-state index is 13.1. The van der Waals surface area contributed by atoms with Gasteiger partial charge in [0.05, 0.1) is 11.4 Å². The molecule has 1 heterocycles. The highest BCUT2D eigenvalue weighted by Gasteiger charge is 2.08. The van der Waals surface area contributed by atoms with Gasteiger partial charge in [0, 0.05) is 12.3 Å². The van der Waals surface area contributed by atoms with E-state index in [0.717, 1.165) is 11.6 Å². The lowest BCUT2D eigenvalue weighted by Crippen LogP contribution is -2.27. The van der Waals surface area contributed by atoms with Crippen LogP contribution in [0.5, 0.6) is 0 Å². The van der Waals surface area contributed by atoms with Crippen LogP contribution in [0.15, 0.2) is 41.3 Å². The summed E-state index contributed by atoms with van der Waals surface area (Å²) in [5.41, 5.74) is 6.63. The van der Waals surface area contributed by atoms with Crippen molar-refractivity contribution in [3.63, 3.8) is 0 Å². The molecule has 0 aliphatic heterocycles. The highest BCUT2D eigenvalue weighted by Crippen LogP contribution is 2.18. The maximum atomic E-state index is 13.1. The van der Waals surface area contributed by atoms with E-state index in [9.17, 15) is 14.0 Å². The molecule has 0 aliphatic carbocycles. The fourth-order valence-corrected chi connectivity index (χ4v) is 1.72. The van der Waals surface area contributed by atoms with E-state index in [1.807, 2.05) is 0 Å². The third-order valence-electron chi connectivity index (χ3n) is 2.75. The van der Waals surface area contributed by atoms with Gasteiger partial charge in [-0.2, -0.15) is 0 Å². The minimum atomic E-state index is -0.498. The molecule has 0 atom stereocenters. The zero-order chi connectivity index (χ0) is 14.7. The average molecular weight is 275 g/mol. The Balaban J connectivity index is 2.13. The van der Waals surface area contributed by atoms with E-state index < -0.39 is 11.7 Å². The van der Waals surface area contributed by atoms with Crippen LogP contribution in [-0.2, 0) is 11.3 Å². The van der Waals surface area contributed by atoms with Crippen molar-refractivity contribution in [2.75, 3.05) is 11.1 Å². The van der Waals surface area contributed by atoms with Gasteiger partial charge in [-0.05, 0) is 36.8 Å². The summed E-state index contributed by atoms with van der Waals surface area (Å²) >= 11 is 0. The molecule has 0 saturated heterocycles. The number of rotatable bonds is 3. The highest BCUT2D eigenvalue weighted by molar-refractivity contribution is 5.93. The lowest BCUT2D eigenvalue weighted by molar-refractivity contribution is -0.116. The zero-order valence-corrected chi connectivity index (χ0v) is 10.9. The van der Waals surface area contributed by atoms with Gasteiger partial charge in [-0.1, -0.05) is 0 Å². The molecule has 0 saturated carbocycles. The number of aromatic nitrogens is 1. The van der Waals surface area contributed by atoms with E-state index in [0.29, 0.717) is 0 Å². The Labute approximate surface area is 114 Å². The van der Waals surface area contributed by atoms with Crippen molar-refractivity contribution in [2.45, 2.75) is 13.5 Å². The van der Waals surface area contributed by atoms with Crippen LogP contribution < -0.4 is 16.6 Å². The van der Waals surface area contributed by atoms with Gasteiger partial charge in [-0.15, -0.1) is 0 Å². The molecule has 1 aromatic carbocycles. The van der Waals surface area contributed by atoms with Gasteiger partial charge in [0.25, 0.3) is 5.56 Å². The first-order chi connectivity index (χ1) is 9.45. The first-order valence-electron chi connectivity index (χ1n) is 5.97. The summed E-state index contributed by atoms with van der Waals surface area (Å²) in [7, 11) is 0. The lowest BCUT2D eigenvalue weighted by atomic mass is 10.2. The molecule has 3 N–H and O–H groups in total. The quantitative estimate of drug-likeness (QED) is 0.834. The summed E-state index contributed by atoms with van der Waals surface area (Å²) in [4.78, 5) is 23.5. The largest absolute Gasteiger partial charge is 0.397 e. The summed E-state index contributed by atoms with van der Waals surface area (Å²) in [6.45, 7) is 1.63. The number of hydrogen-bond acceptors (Lipinski definition) is 3. The topological polar surface area (TPSA) is 77.1 Å². The second-order valence-electron chi connectivity index (χ2n) is 4.45. The fourth-order valence-electron chi connectivity index (χ4n) is 1.72. The average Bonchev–Trinajstić information content (AvgIpc) is 2.37. The molecule has 0 aliphatic rings. The van der Waals surface area contributed by atoms with Crippen LogP contribution >= 0.6 is 0 Å². The van der Waals surface area contributed by atoms with Gasteiger partial charge < -0.3 is 15.6 Å². The number of carbonyl (C=O) groups is 1. The van der Waals surface area contributed by atoms with Crippen molar-refractivity contribution >= 4 is 17.3 Å². The Bertz CT molecular complexity index is 710. The van der Waals surface area contributed by atoms with E-state index in [-0.39, 0.29) is 23.5 Å². The summed E-state index contributed by atoms with van der Waals surface area (Å²) in [6, 6.07) is 6.86. The number of hydrogen-bond donors (Lipinski definition) is 2. The monoisotopic (exact) mass is 275 g/mol. The maximum Gasteiger partial charge on any atom is 0.251 e. The third-order valence-corrected chi connectivity index (χ3v) is 2.75. The Kier molecular flexibility index (Phi) is 3.84. The Morgan fingerprint density at radius 2 is 2.10 bits per heavy atom. The molecule has 0 unspecified atom stereocenters. The number of halogens is 1. The number of nitrogens with two attached hydrogens (primary N) is 1. The molecule has 1 amide bonds. The third kappa shape index (κ3) is 3.23. The molecule has 2 aromatic rings. The number of nitrogen functional groups attached to an aromatic ring is 1. The lowest BCUT2D eigenvalue weighted by Gasteiger charge is -2.09. The number of benzene rings is 1. The van der Waals surface area contributed by atoms with Gasteiger partial charge in [-0.3, -0.25) is 9.59 Å². The molecular formula is C14H14FN3O2. The molecular weight excluding hydrogens is 261 g/mol. The van der Waals surface area contributed by atoms with Crippen molar-refractivity contribution in [1.29, 1.82) is 0 Å². The summed E-state index contributed by atoms with van der Waals surface area (Å²) < 4.78 is 14.3. The zero-order valence-electron chi connectivity index (χ0n) is 10.9. The number of anilines is 2. The van der Waals surface area contributed by atoms with E-state index in [4.69, 9.17) is 5.73 Å². The van der Waals surface area contributed by atoms with E-state index >= 15 is 0 Å². The van der Waals surface area contributed by atoms with Crippen molar-refractivity contribution in [3.8, 4) is 0 Å². The van der Waals surface area contributed by atoms with Crippen LogP contribution in [0.3, 0.4) is 0 Å². The summed E-state index contributed by atoms with van der Waals surface area (Å²) in [6.07, 6.45) is 1.53. The van der Waals surface area contributed by atoms with Crippen molar-refractivity contribution < 1.29 is 9.18 Å². The summed E-state index contributed by atoms with van der Waals surface area (Å²) in [5, 5.41) is 2.48. The molecule has 6 heteroatoms. The number of carbonyl (C=O) groups excluding carboxylic acids is 1. The number of pyridine rings is 1. The van der Waals surface area contributed by atoms with E-state index in [1.165, 1.54) is 29.0 Å². The normalized spacial score (nSPS) is 10.3. The Morgan fingerprint density at radius 3 is 2.80 bits per heavy atom. The van der Waals surface area contributed by atoms with Crippen LogP contribution in [-0.4, -0.2) is 10.5 Å². The standard InChI is InChI=1S/C14H14FN3O2/c1-9-4-5-18(14(20)6-9)8-13(19)17-12-7-10(15)2-3-11(12)16/h2-7H,8,16H2,1H3,(H,17,19). The molecule has 104 valence electrons. The first-order valence-corrected chi connectivity index (χ1v) is 5.97. The van der Waals surface area contributed by atoms with Crippen LogP contribution in [0, 0.1) is 12.7 Å². The van der Waals surface area contributed by atoms with Gasteiger partial charge in [0.2, 0.25) is 5.91 Å². The summed E-state index contributed by atoms with van der Waals surface area (Å²) in [5.74, 6) is -0.949. The fraction of sp³-hybridized carbons (Fsp3) is 0.143. The van der Waals surface area contributed by atoms with Crippen LogP contribution in [0.2, 0.25) is 0 Å². The van der Waals surface area contributed by atoms with Crippen molar-refractivity contribution in [3.05, 3.63) is 58.3 Å². The number of nitrogens with one attached hydrogen (secondary N) is 1. The Morgan fingerprint density at radius 1 is 1.35 bits per heavy atom. The first kappa shape index (κ1) is 13.8. The molecule has 5 nitrogen and oxygen atoms in total. The molecule has 0 fully saturated rings. The molecule has 1 aromatic heterocycles. The second-order valence-corrected chi connectivity index (χ2v) is 4.45. The minimum absolute atomic E-state index is 0.158. The molecule has 0 bridgehead atoms. The van der Waals surface area contributed by atoms with Crippen LogP contribution in [0.4, 0.5) is 15.8 Å². The SMILES string of the molecule is Cc1ccn(CC(=O)Nc2cc(F)ccc2N)c(=O)c1. The highest BCUT2D eigenvalue weighted by atomic mass is 19.1. The predicted octanol–water partition coefficient (Wildman–Crippen LogP) is 1.52. The van der Waals surface area contributed by atoms with Gasteiger partial charge >= 0.3 is 0 Å². The van der Waals surface area contributed by atoms with Gasteiger partial charge in [0.1, 0.15) is 12.4 Å². The molecule has 20 heavy (non-hydrogen) atoms. The van der Waals surface area contributed by atoms with Crippen LogP contribution in [0.25, 0.3) is 0 Å². The van der Waals surface area contributed by atoms with Gasteiger partial charge in [0.15, 0.2) is 0 Å². The molecule has 0 spiro atoms. The molecule has 0 radical (unpaired) electrons. The number of aryl methyl sites for hydroxylation is 1. The van der Waals surface area contributed by atoms with Crippen molar-refractivity contribution in [1.82, 2.24) is 4.57 Å². The molecule has 2 rings (SSSR count). The number of nitrogens with zero attached hydrogens (tertiary/aromatic N) is 1. The smallest absolute Gasteiger partial charge is 0.251 e. The van der Waals surface area contributed by atoms with Crippen LogP contribution in [0.1, 0.15) is 5.56 Å². The van der Waals surface area contributed by atoms with Gasteiger partial charge in [-0.25, -0.2) is 4.39 Å². The predicted molar refractivity (Wildman–Crippen MR) is 74.9 cm³/mol. The number of amides is 1. The van der Waals surface area contributed by atoms with E-state index in [2.05, 4.69) is 5.32 Å².